The summed E-state index contributed by atoms with van der Waals surface area (Å²) in [7, 11) is 0. The summed E-state index contributed by atoms with van der Waals surface area (Å²) in [4.78, 5) is 29.2. The summed E-state index contributed by atoms with van der Waals surface area (Å²) in [5.74, 6) is -1.63. The summed E-state index contributed by atoms with van der Waals surface area (Å²) in [6.07, 6.45) is 2.59. The number of nitrogens with zero attached hydrogens (tertiary/aromatic N) is 3. The van der Waals surface area contributed by atoms with Crippen molar-refractivity contribution >= 4 is 17.6 Å². The Morgan fingerprint density at radius 3 is 2.79 bits per heavy atom. The maximum absolute atomic E-state index is 14.0. The summed E-state index contributed by atoms with van der Waals surface area (Å²) in [6, 6.07) is 12.3. The van der Waals surface area contributed by atoms with E-state index in [0.29, 0.717) is 6.54 Å². The summed E-state index contributed by atoms with van der Waals surface area (Å²) >= 11 is 0. The van der Waals surface area contributed by atoms with E-state index < -0.39 is 17.3 Å². The number of ether oxygens (including phenoxy) is 1. The van der Waals surface area contributed by atoms with E-state index >= 15 is 0 Å². The standard InChI is InChI=1S/C20H15FN4O3/c1-2-23-18(26)13(12-22)11-14-19(28-16-8-4-3-7-15(16)21)24-17-9-5-6-10-25(17)20(14)27/h3-11H,2H2,1H3,(H,23,26). The number of aromatic nitrogens is 2. The van der Waals surface area contributed by atoms with Crippen molar-refractivity contribution in [2.24, 2.45) is 0 Å². The van der Waals surface area contributed by atoms with Crippen LogP contribution in [-0.2, 0) is 4.79 Å². The molecule has 3 aromatic rings. The van der Waals surface area contributed by atoms with Gasteiger partial charge in [-0.15, -0.1) is 0 Å². The number of para-hydroxylation sites is 1. The monoisotopic (exact) mass is 378 g/mol. The molecule has 0 atom stereocenters. The number of pyridine rings is 1. The second-order valence-corrected chi connectivity index (χ2v) is 5.63. The van der Waals surface area contributed by atoms with Crippen LogP contribution in [-0.4, -0.2) is 21.8 Å². The van der Waals surface area contributed by atoms with Crippen molar-refractivity contribution in [1.29, 1.82) is 5.26 Å². The van der Waals surface area contributed by atoms with Crippen LogP contribution in [0, 0.1) is 17.1 Å². The molecule has 1 N–H and O–H groups in total. The molecule has 7 nitrogen and oxygen atoms in total. The molecule has 1 aromatic carbocycles. The summed E-state index contributed by atoms with van der Waals surface area (Å²) in [5.41, 5.74) is -0.730. The van der Waals surface area contributed by atoms with E-state index in [-0.39, 0.29) is 28.4 Å². The second kappa shape index (κ2) is 8.14. The van der Waals surface area contributed by atoms with E-state index in [2.05, 4.69) is 10.3 Å². The predicted molar refractivity (Wildman–Crippen MR) is 100 cm³/mol. The average Bonchev–Trinajstić information content (AvgIpc) is 2.70. The fraction of sp³-hybridized carbons (Fsp3) is 0.100. The minimum absolute atomic E-state index is 0.138. The number of nitrogens with one attached hydrogen (secondary N) is 1. The average molecular weight is 378 g/mol. The van der Waals surface area contributed by atoms with Crippen molar-refractivity contribution in [2.45, 2.75) is 6.92 Å². The number of nitriles is 1. The Kier molecular flexibility index (Phi) is 5.46. The van der Waals surface area contributed by atoms with E-state index in [4.69, 9.17) is 4.74 Å². The van der Waals surface area contributed by atoms with Gasteiger partial charge >= 0.3 is 0 Å². The van der Waals surface area contributed by atoms with Crippen molar-refractivity contribution < 1.29 is 13.9 Å². The first-order valence-electron chi connectivity index (χ1n) is 8.39. The molecular weight excluding hydrogens is 363 g/mol. The first-order chi connectivity index (χ1) is 13.5. The van der Waals surface area contributed by atoms with E-state index in [0.717, 1.165) is 6.08 Å². The number of hydrogen-bond donors (Lipinski definition) is 1. The maximum Gasteiger partial charge on any atom is 0.269 e. The minimum Gasteiger partial charge on any atom is -0.435 e. The van der Waals surface area contributed by atoms with Crippen LogP contribution in [0.5, 0.6) is 11.6 Å². The normalized spacial score (nSPS) is 11.1. The molecule has 0 spiro atoms. The highest BCUT2D eigenvalue weighted by Crippen LogP contribution is 2.26. The summed E-state index contributed by atoms with van der Waals surface area (Å²) in [6.45, 7) is 2.01. The Morgan fingerprint density at radius 2 is 2.07 bits per heavy atom. The molecule has 2 aromatic heterocycles. The molecule has 0 aliphatic carbocycles. The third kappa shape index (κ3) is 3.73. The number of benzene rings is 1. The fourth-order valence-corrected chi connectivity index (χ4v) is 2.46. The second-order valence-electron chi connectivity index (χ2n) is 5.63. The van der Waals surface area contributed by atoms with Crippen LogP contribution in [0.15, 0.2) is 59.0 Å². The van der Waals surface area contributed by atoms with Gasteiger partial charge in [-0.3, -0.25) is 14.0 Å². The maximum atomic E-state index is 14.0. The minimum atomic E-state index is -0.642. The smallest absolute Gasteiger partial charge is 0.269 e. The summed E-state index contributed by atoms with van der Waals surface area (Å²) < 4.78 is 20.8. The summed E-state index contributed by atoms with van der Waals surface area (Å²) in [5, 5.41) is 11.8. The highest BCUT2D eigenvalue weighted by molar-refractivity contribution is 6.01. The van der Waals surface area contributed by atoms with Gasteiger partial charge in [-0.05, 0) is 37.3 Å². The van der Waals surface area contributed by atoms with Crippen molar-refractivity contribution in [1.82, 2.24) is 14.7 Å². The molecule has 0 saturated heterocycles. The molecule has 1 amide bonds. The van der Waals surface area contributed by atoms with Crippen LogP contribution in [0.2, 0.25) is 0 Å². The lowest BCUT2D eigenvalue weighted by Gasteiger charge is -2.10. The number of amides is 1. The Bertz CT molecular complexity index is 1180. The number of hydrogen-bond acceptors (Lipinski definition) is 5. The first-order valence-corrected chi connectivity index (χ1v) is 8.39. The Labute approximate surface area is 159 Å². The molecule has 0 aliphatic heterocycles. The molecule has 0 fully saturated rings. The third-order valence-electron chi connectivity index (χ3n) is 3.77. The van der Waals surface area contributed by atoms with E-state index in [1.54, 1.807) is 37.3 Å². The van der Waals surface area contributed by atoms with Gasteiger partial charge in [0.1, 0.15) is 22.9 Å². The van der Waals surface area contributed by atoms with E-state index in [9.17, 15) is 19.2 Å². The van der Waals surface area contributed by atoms with Gasteiger partial charge in [-0.1, -0.05) is 18.2 Å². The van der Waals surface area contributed by atoms with Crippen LogP contribution >= 0.6 is 0 Å². The molecule has 0 radical (unpaired) electrons. The molecule has 0 saturated carbocycles. The predicted octanol–water partition coefficient (Wildman–Crippen LogP) is 2.67. The molecule has 28 heavy (non-hydrogen) atoms. The number of carbonyl (C=O) groups excluding carboxylic acids is 1. The highest BCUT2D eigenvalue weighted by Gasteiger charge is 2.17. The largest absolute Gasteiger partial charge is 0.435 e. The van der Waals surface area contributed by atoms with E-state index in [1.165, 1.54) is 28.8 Å². The van der Waals surface area contributed by atoms with Crippen molar-refractivity contribution in [3.05, 3.63) is 76.0 Å². The fourth-order valence-electron chi connectivity index (χ4n) is 2.46. The van der Waals surface area contributed by atoms with Gasteiger partial charge in [-0.2, -0.15) is 10.2 Å². The lowest BCUT2D eigenvalue weighted by molar-refractivity contribution is -0.116. The quantitative estimate of drug-likeness (QED) is 0.544. The zero-order valence-corrected chi connectivity index (χ0v) is 14.8. The van der Waals surface area contributed by atoms with E-state index in [1.807, 2.05) is 0 Å². The van der Waals surface area contributed by atoms with Gasteiger partial charge in [0.25, 0.3) is 11.5 Å². The number of likely N-dealkylation sites (N-methyl/N-ethyl adjacent to an activating group) is 1. The lowest BCUT2D eigenvalue weighted by Crippen LogP contribution is -2.25. The molecule has 0 aliphatic rings. The van der Waals surface area contributed by atoms with Crippen molar-refractivity contribution in [2.75, 3.05) is 6.54 Å². The third-order valence-corrected chi connectivity index (χ3v) is 3.77. The number of fused-ring (bicyclic) bond motifs is 1. The zero-order valence-electron chi connectivity index (χ0n) is 14.8. The number of halogens is 1. The molecule has 140 valence electrons. The molecular formula is C20H15FN4O3. The first kappa shape index (κ1) is 18.8. The van der Waals surface area contributed by atoms with Gasteiger partial charge in [0.05, 0.1) is 0 Å². The van der Waals surface area contributed by atoms with Gasteiger partial charge in [0.2, 0.25) is 5.88 Å². The molecule has 0 unspecified atom stereocenters. The number of carbonyl (C=O) groups is 1. The van der Waals surface area contributed by atoms with Crippen molar-refractivity contribution in [3.8, 4) is 17.7 Å². The van der Waals surface area contributed by atoms with Crippen LogP contribution in [0.1, 0.15) is 12.5 Å². The molecule has 2 heterocycles. The Balaban J connectivity index is 2.23. The lowest BCUT2D eigenvalue weighted by atomic mass is 10.1. The molecule has 3 rings (SSSR count). The molecule has 0 bridgehead atoms. The zero-order chi connectivity index (χ0) is 20.1. The van der Waals surface area contributed by atoms with Gasteiger partial charge in [0.15, 0.2) is 11.6 Å². The van der Waals surface area contributed by atoms with Crippen LogP contribution in [0.3, 0.4) is 0 Å². The topological polar surface area (TPSA) is 96.5 Å². The van der Waals surface area contributed by atoms with Gasteiger partial charge in [0, 0.05) is 12.7 Å². The van der Waals surface area contributed by atoms with Crippen LogP contribution in [0.4, 0.5) is 4.39 Å². The van der Waals surface area contributed by atoms with Crippen LogP contribution < -0.4 is 15.6 Å². The number of rotatable bonds is 5. The van der Waals surface area contributed by atoms with Crippen molar-refractivity contribution in [3.63, 3.8) is 0 Å². The SMILES string of the molecule is CCNC(=O)C(C#N)=Cc1c(Oc2ccccc2F)nc2ccccn2c1=O. The van der Waals surface area contributed by atoms with Gasteiger partial charge in [-0.25, -0.2) is 4.39 Å². The highest BCUT2D eigenvalue weighted by atomic mass is 19.1. The van der Waals surface area contributed by atoms with Crippen LogP contribution in [0.25, 0.3) is 11.7 Å². The van der Waals surface area contributed by atoms with Gasteiger partial charge < -0.3 is 10.1 Å². The molecule has 8 heteroatoms. The Morgan fingerprint density at radius 1 is 1.32 bits per heavy atom. The Hall–Kier alpha value is -3.99.